The van der Waals surface area contributed by atoms with Crippen LogP contribution in [0.15, 0.2) is 4.99 Å². The summed E-state index contributed by atoms with van der Waals surface area (Å²) in [6.45, 7) is 11.3. The summed E-state index contributed by atoms with van der Waals surface area (Å²) in [5.74, 6) is 0.724. The third-order valence-corrected chi connectivity index (χ3v) is 1.99. The summed E-state index contributed by atoms with van der Waals surface area (Å²) in [4.78, 5) is 4.52. The van der Waals surface area contributed by atoms with Gasteiger partial charge in [0.05, 0.1) is 0 Å². The lowest BCUT2D eigenvalue weighted by molar-refractivity contribution is 0.144. The molecule has 0 fully saturated rings. The van der Waals surface area contributed by atoms with Gasteiger partial charge >= 0.3 is 0 Å². The molecule has 0 N–H and O–H groups in total. The second kappa shape index (κ2) is 9.20. The van der Waals surface area contributed by atoms with Crippen LogP contribution in [-0.4, -0.2) is 25.5 Å². The molecule has 0 radical (unpaired) electrons. The van der Waals surface area contributed by atoms with E-state index in [1.807, 2.05) is 6.92 Å². The fourth-order valence-electron chi connectivity index (χ4n) is 1.39. The van der Waals surface area contributed by atoms with Crippen LogP contribution in [0.2, 0.25) is 0 Å². The number of ether oxygens (including phenoxy) is 1. The fourth-order valence-corrected chi connectivity index (χ4v) is 1.39. The van der Waals surface area contributed by atoms with Crippen molar-refractivity contribution in [2.75, 3.05) is 19.8 Å². The summed E-state index contributed by atoms with van der Waals surface area (Å²) in [6.07, 6.45) is 3.41. The van der Waals surface area contributed by atoms with Gasteiger partial charge in [-0.1, -0.05) is 13.8 Å². The van der Waals surface area contributed by atoms with Gasteiger partial charge in [-0.15, -0.1) is 0 Å². The van der Waals surface area contributed by atoms with E-state index >= 15 is 0 Å². The summed E-state index contributed by atoms with van der Waals surface area (Å²) in [7, 11) is 0. The van der Waals surface area contributed by atoms with E-state index in [1.54, 1.807) is 0 Å². The van der Waals surface area contributed by atoms with E-state index in [2.05, 4.69) is 25.8 Å². The van der Waals surface area contributed by atoms with Gasteiger partial charge < -0.3 is 4.74 Å². The maximum atomic E-state index is 5.26. The first-order valence-electron chi connectivity index (χ1n) is 5.74. The SMILES string of the molecule is CCOCCCC/N=C(\C)CC(C)C. The molecular formula is C12H25NO. The molecule has 0 aromatic carbocycles. The first-order valence-corrected chi connectivity index (χ1v) is 5.74. The molecule has 0 bridgehead atoms. The molecule has 0 saturated heterocycles. The van der Waals surface area contributed by atoms with Crippen LogP contribution in [0.5, 0.6) is 0 Å². The molecule has 0 aromatic rings. The Hall–Kier alpha value is -0.370. The number of aliphatic imine (C=N–C) groups is 1. The molecule has 0 aliphatic carbocycles. The van der Waals surface area contributed by atoms with E-state index in [1.165, 1.54) is 5.71 Å². The molecule has 0 atom stereocenters. The predicted octanol–water partition coefficient (Wildman–Crippen LogP) is 3.31. The van der Waals surface area contributed by atoms with Crippen molar-refractivity contribution >= 4 is 5.71 Å². The van der Waals surface area contributed by atoms with Gasteiger partial charge in [0.2, 0.25) is 0 Å². The minimum atomic E-state index is 0.724. The molecule has 0 amide bonds. The molecule has 14 heavy (non-hydrogen) atoms. The van der Waals surface area contributed by atoms with Crippen molar-refractivity contribution in [2.24, 2.45) is 10.9 Å². The van der Waals surface area contributed by atoms with Gasteiger partial charge in [-0.2, -0.15) is 0 Å². The smallest absolute Gasteiger partial charge is 0.0466 e. The number of hydrogen-bond acceptors (Lipinski definition) is 2. The first kappa shape index (κ1) is 13.6. The Balaban J connectivity index is 3.32. The average molecular weight is 199 g/mol. The van der Waals surface area contributed by atoms with Crippen molar-refractivity contribution in [1.82, 2.24) is 0 Å². The number of unbranched alkanes of at least 4 members (excludes halogenated alkanes) is 1. The van der Waals surface area contributed by atoms with Crippen LogP contribution >= 0.6 is 0 Å². The van der Waals surface area contributed by atoms with E-state index in [0.29, 0.717) is 0 Å². The molecule has 2 heteroatoms. The molecule has 2 nitrogen and oxygen atoms in total. The van der Waals surface area contributed by atoms with E-state index in [4.69, 9.17) is 4.74 Å². The van der Waals surface area contributed by atoms with Crippen LogP contribution in [0.3, 0.4) is 0 Å². The Bertz CT molecular complexity index is 152. The molecule has 0 heterocycles. The quantitative estimate of drug-likeness (QED) is 0.434. The maximum Gasteiger partial charge on any atom is 0.0466 e. The highest BCUT2D eigenvalue weighted by atomic mass is 16.5. The van der Waals surface area contributed by atoms with Gasteiger partial charge in [-0.3, -0.25) is 4.99 Å². The van der Waals surface area contributed by atoms with Crippen LogP contribution in [0.4, 0.5) is 0 Å². The fraction of sp³-hybridized carbons (Fsp3) is 0.917. The highest BCUT2D eigenvalue weighted by Gasteiger charge is 1.96. The lowest BCUT2D eigenvalue weighted by atomic mass is 10.1. The largest absolute Gasteiger partial charge is 0.382 e. The van der Waals surface area contributed by atoms with Crippen LogP contribution in [0, 0.1) is 5.92 Å². The number of nitrogens with zero attached hydrogens (tertiary/aromatic N) is 1. The zero-order chi connectivity index (χ0) is 10.8. The Morgan fingerprint density at radius 3 is 2.57 bits per heavy atom. The van der Waals surface area contributed by atoms with Gasteiger partial charge in [-0.05, 0) is 39.0 Å². The van der Waals surface area contributed by atoms with E-state index in [0.717, 1.165) is 44.9 Å². The Morgan fingerprint density at radius 2 is 2.00 bits per heavy atom. The van der Waals surface area contributed by atoms with Gasteiger partial charge in [0.1, 0.15) is 0 Å². The predicted molar refractivity (Wildman–Crippen MR) is 63.2 cm³/mol. The number of hydrogen-bond donors (Lipinski definition) is 0. The summed E-state index contributed by atoms with van der Waals surface area (Å²) < 4.78 is 5.26. The molecule has 0 aromatic heterocycles. The molecule has 0 unspecified atom stereocenters. The average Bonchev–Trinajstić information content (AvgIpc) is 2.10. The summed E-state index contributed by atoms with van der Waals surface area (Å²) in [6, 6.07) is 0. The Kier molecular flexibility index (Phi) is 8.95. The summed E-state index contributed by atoms with van der Waals surface area (Å²) in [5.41, 5.74) is 1.29. The molecule has 0 aliphatic heterocycles. The molecule has 0 saturated carbocycles. The van der Waals surface area contributed by atoms with E-state index in [-0.39, 0.29) is 0 Å². The van der Waals surface area contributed by atoms with Crippen molar-refractivity contribution in [3.63, 3.8) is 0 Å². The van der Waals surface area contributed by atoms with Crippen molar-refractivity contribution in [2.45, 2.75) is 47.0 Å². The Labute approximate surface area is 88.8 Å². The van der Waals surface area contributed by atoms with Gasteiger partial charge in [0, 0.05) is 25.5 Å². The van der Waals surface area contributed by atoms with Crippen molar-refractivity contribution in [3.8, 4) is 0 Å². The highest BCUT2D eigenvalue weighted by Crippen LogP contribution is 2.01. The van der Waals surface area contributed by atoms with Crippen LogP contribution in [0.1, 0.15) is 47.0 Å². The van der Waals surface area contributed by atoms with Crippen molar-refractivity contribution in [1.29, 1.82) is 0 Å². The second-order valence-electron chi connectivity index (χ2n) is 4.12. The monoisotopic (exact) mass is 199 g/mol. The van der Waals surface area contributed by atoms with Gasteiger partial charge in [0.15, 0.2) is 0 Å². The highest BCUT2D eigenvalue weighted by molar-refractivity contribution is 5.81. The Morgan fingerprint density at radius 1 is 1.29 bits per heavy atom. The molecule has 0 spiro atoms. The van der Waals surface area contributed by atoms with E-state index in [9.17, 15) is 0 Å². The van der Waals surface area contributed by atoms with Gasteiger partial charge in [0.25, 0.3) is 0 Å². The lowest BCUT2D eigenvalue weighted by Crippen LogP contribution is -2.00. The number of rotatable bonds is 8. The minimum Gasteiger partial charge on any atom is -0.382 e. The summed E-state index contributed by atoms with van der Waals surface area (Å²) in [5, 5.41) is 0. The van der Waals surface area contributed by atoms with Crippen LogP contribution in [-0.2, 0) is 4.74 Å². The molecule has 84 valence electrons. The normalized spacial score (nSPS) is 12.5. The topological polar surface area (TPSA) is 21.6 Å². The molecule has 0 rings (SSSR count). The second-order valence-corrected chi connectivity index (χ2v) is 4.12. The minimum absolute atomic E-state index is 0.724. The molecule has 0 aliphatic rings. The zero-order valence-corrected chi connectivity index (χ0v) is 10.2. The maximum absolute atomic E-state index is 5.26. The third kappa shape index (κ3) is 9.72. The third-order valence-electron chi connectivity index (χ3n) is 1.99. The van der Waals surface area contributed by atoms with Crippen LogP contribution < -0.4 is 0 Å². The summed E-state index contributed by atoms with van der Waals surface area (Å²) >= 11 is 0. The molecular weight excluding hydrogens is 174 g/mol. The first-order chi connectivity index (χ1) is 6.66. The van der Waals surface area contributed by atoms with E-state index < -0.39 is 0 Å². The standard InChI is InChI=1S/C12H25NO/c1-5-14-9-7-6-8-13-12(4)10-11(2)3/h11H,5-10H2,1-4H3/b13-12+. The van der Waals surface area contributed by atoms with Gasteiger partial charge in [-0.25, -0.2) is 0 Å². The van der Waals surface area contributed by atoms with Crippen molar-refractivity contribution in [3.05, 3.63) is 0 Å². The lowest BCUT2D eigenvalue weighted by Gasteiger charge is -2.04. The van der Waals surface area contributed by atoms with Crippen LogP contribution in [0.25, 0.3) is 0 Å². The van der Waals surface area contributed by atoms with Crippen molar-refractivity contribution < 1.29 is 4.74 Å². The zero-order valence-electron chi connectivity index (χ0n) is 10.2.